The van der Waals surface area contributed by atoms with Crippen LogP contribution in [0.5, 0.6) is 0 Å². The van der Waals surface area contributed by atoms with Gasteiger partial charge in [-0.15, -0.1) is 0 Å². The van der Waals surface area contributed by atoms with E-state index < -0.39 is 0 Å². The second-order valence-electron chi connectivity index (χ2n) is 3.34. The fourth-order valence-corrected chi connectivity index (χ4v) is 1.44. The van der Waals surface area contributed by atoms with Crippen LogP contribution in [0.15, 0.2) is 23.1 Å². The second kappa shape index (κ2) is 3.09. The largest absolute Gasteiger partial charge is 0.268 e. The Hall–Kier alpha value is -1.12. The highest BCUT2D eigenvalue weighted by molar-refractivity contribution is 4.85. The zero-order valence-electron chi connectivity index (χ0n) is 6.94. The van der Waals surface area contributed by atoms with E-state index in [4.69, 9.17) is 0 Å². The average Bonchev–Trinajstić information content (AvgIpc) is 2.00. The molecule has 0 aromatic carbocycles. The minimum Gasteiger partial charge on any atom is -0.268 e. The third kappa shape index (κ3) is 1.40. The van der Waals surface area contributed by atoms with Crippen molar-refractivity contribution < 1.29 is 0 Å². The van der Waals surface area contributed by atoms with Crippen LogP contribution in [0.4, 0.5) is 0 Å². The normalized spacial score (nSPS) is 17.3. The van der Waals surface area contributed by atoms with E-state index in [0.717, 1.165) is 6.54 Å². The minimum absolute atomic E-state index is 0.0180. The maximum atomic E-state index is 11.2. The summed E-state index contributed by atoms with van der Waals surface area (Å²) in [7, 11) is 0. The van der Waals surface area contributed by atoms with Crippen LogP contribution in [-0.2, 0) is 6.54 Å². The molecule has 0 spiro atoms. The number of rotatable bonds is 2. The van der Waals surface area contributed by atoms with Gasteiger partial charge in [0.1, 0.15) is 0 Å². The first-order chi connectivity index (χ1) is 5.86. The molecule has 0 radical (unpaired) electrons. The second-order valence-corrected chi connectivity index (χ2v) is 3.34. The lowest BCUT2D eigenvalue weighted by Crippen LogP contribution is -2.28. The summed E-state index contributed by atoms with van der Waals surface area (Å²) in [6, 6.07) is 3.24. The van der Waals surface area contributed by atoms with E-state index in [-0.39, 0.29) is 5.56 Å². The molecule has 0 bridgehead atoms. The highest BCUT2D eigenvalue weighted by Gasteiger charge is 2.18. The molecule has 0 saturated heterocycles. The van der Waals surface area contributed by atoms with E-state index in [1.807, 2.05) is 0 Å². The number of hydrogen-bond donors (Lipinski definition) is 0. The van der Waals surface area contributed by atoms with Gasteiger partial charge in [0.05, 0.1) is 0 Å². The maximum Gasteiger partial charge on any atom is 0.266 e. The molecule has 1 aromatic rings. The zero-order valence-corrected chi connectivity index (χ0v) is 6.94. The van der Waals surface area contributed by atoms with E-state index in [1.54, 1.807) is 23.0 Å². The summed E-state index contributed by atoms with van der Waals surface area (Å²) in [5.74, 6) is 0.692. The van der Waals surface area contributed by atoms with Crippen molar-refractivity contribution in [1.82, 2.24) is 9.78 Å². The topological polar surface area (TPSA) is 34.9 Å². The van der Waals surface area contributed by atoms with Crippen molar-refractivity contribution in [3.63, 3.8) is 0 Å². The lowest BCUT2D eigenvalue weighted by molar-refractivity contribution is 0.261. The summed E-state index contributed by atoms with van der Waals surface area (Å²) in [6.45, 7) is 0.805. The molecular weight excluding hydrogens is 152 g/mol. The first kappa shape index (κ1) is 7.53. The van der Waals surface area contributed by atoms with Crippen LogP contribution >= 0.6 is 0 Å². The van der Waals surface area contributed by atoms with Gasteiger partial charge in [-0.25, -0.2) is 4.68 Å². The average molecular weight is 164 g/mol. The van der Waals surface area contributed by atoms with Gasteiger partial charge in [-0.3, -0.25) is 4.79 Å². The van der Waals surface area contributed by atoms with E-state index in [9.17, 15) is 4.79 Å². The summed E-state index contributed by atoms with van der Waals surface area (Å²) in [4.78, 5) is 11.2. The zero-order chi connectivity index (χ0) is 8.39. The van der Waals surface area contributed by atoms with Crippen LogP contribution < -0.4 is 5.56 Å². The van der Waals surface area contributed by atoms with Crippen molar-refractivity contribution >= 4 is 0 Å². The van der Waals surface area contributed by atoms with Crippen molar-refractivity contribution in [1.29, 1.82) is 0 Å². The maximum absolute atomic E-state index is 11.2. The molecule has 64 valence electrons. The van der Waals surface area contributed by atoms with E-state index in [0.29, 0.717) is 5.92 Å². The summed E-state index contributed by atoms with van der Waals surface area (Å²) in [5.41, 5.74) is 0.0180. The molecule has 1 fully saturated rings. The number of nitrogens with zero attached hydrogens (tertiary/aromatic N) is 2. The highest BCUT2D eigenvalue weighted by atomic mass is 16.1. The molecule has 3 nitrogen and oxygen atoms in total. The van der Waals surface area contributed by atoms with Crippen LogP contribution in [0, 0.1) is 5.92 Å². The van der Waals surface area contributed by atoms with Gasteiger partial charge in [0, 0.05) is 18.8 Å². The Labute approximate surface area is 71.0 Å². The van der Waals surface area contributed by atoms with Crippen LogP contribution in [0.25, 0.3) is 0 Å². The molecule has 0 amide bonds. The van der Waals surface area contributed by atoms with E-state index in [2.05, 4.69) is 5.10 Å². The van der Waals surface area contributed by atoms with Crippen molar-refractivity contribution in [3.8, 4) is 0 Å². The van der Waals surface area contributed by atoms with Gasteiger partial charge < -0.3 is 0 Å². The van der Waals surface area contributed by atoms with Crippen molar-refractivity contribution in [2.45, 2.75) is 25.8 Å². The van der Waals surface area contributed by atoms with Gasteiger partial charge in [0.2, 0.25) is 0 Å². The molecule has 0 unspecified atom stereocenters. The molecule has 3 heteroatoms. The Kier molecular flexibility index (Phi) is 1.94. The molecule has 1 aliphatic rings. The summed E-state index contributed by atoms with van der Waals surface area (Å²) < 4.78 is 1.56. The predicted octanol–water partition coefficient (Wildman–Crippen LogP) is 1.04. The Morgan fingerprint density at radius 3 is 3.00 bits per heavy atom. The lowest BCUT2D eigenvalue weighted by atomic mass is 9.85. The first-order valence-corrected chi connectivity index (χ1v) is 4.38. The summed E-state index contributed by atoms with van der Waals surface area (Å²) in [6.07, 6.45) is 5.48. The van der Waals surface area contributed by atoms with Gasteiger partial charge >= 0.3 is 0 Å². The minimum atomic E-state index is 0.0180. The van der Waals surface area contributed by atoms with Crippen molar-refractivity contribution in [2.75, 3.05) is 0 Å². The van der Waals surface area contributed by atoms with Crippen molar-refractivity contribution in [3.05, 3.63) is 28.7 Å². The standard InChI is InChI=1S/C9H12N2O/c12-9-5-2-6-10-11(9)7-8-3-1-4-8/h2,5-6,8H,1,3-4,7H2. The smallest absolute Gasteiger partial charge is 0.266 e. The molecule has 1 heterocycles. The monoisotopic (exact) mass is 164 g/mol. The third-order valence-electron chi connectivity index (χ3n) is 2.44. The van der Waals surface area contributed by atoms with Crippen LogP contribution in [-0.4, -0.2) is 9.78 Å². The van der Waals surface area contributed by atoms with Gasteiger partial charge in [0.25, 0.3) is 5.56 Å². The molecule has 1 saturated carbocycles. The quantitative estimate of drug-likeness (QED) is 0.654. The fourth-order valence-electron chi connectivity index (χ4n) is 1.44. The molecule has 2 rings (SSSR count). The van der Waals surface area contributed by atoms with E-state index in [1.165, 1.54) is 19.3 Å². The lowest BCUT2D eigenvalue weighted by Gasteiger charge is -2.24. The van der Waals surface area contributed by atoms with Crippen molar-refractivity contribution in [2.24, 2.45) is 5.92 Å². The fraction of sp³-hybridized carbons (Fsp3) is 0.556. The van der Waals surface area contributed by atoms with Gasteiger partial charge in [-0.2, -0.15) is 5.10 Å². The Bertz CT molecular complexity index is 314. The Morgan fingerprint density at radius 2 is 2.42 bits per heavy atom. The Morgan fingerprint density at radius 1 is 1.58 bits per heavy atom. The molecule has 1 aliphatic carbocycles. The molecule has 0 aliphatic heterocycles. The molecule has 1 aromatic heterocycles. The predicted molar refractivity (Wildman–Crippen MR) is 45.8 cm³/mol. The van der Waals surface area contributed by atoms with E-state index >= 15 is 0 Å². The molecular formula is C9H12N2O. The van der Waals surface area contributed by atoms with Gasteiger partial charge in [0.15, 0.2) is 0 Å². The van der Waals surface area contributed by atoms with Crippen LogP contribution in [0.1, 0.15) is 19.3 Å². The third-order valence-corrected chi connectivity index (χ3v) is 2.44. The first-order valence-electron chi connectivity index (χ1n) is 4.38. The van der Waals surface area contributed by atoms with Gasteiger partial charge in [-0.1, -0.05) is 6.42 Å². The number of aromatic nitrogens is 2. The molecule has 12 heavy (non-hydrogen) atoms. The summed E-state index contributed by atoms with van der Waals surface area (Å²) >= 11 is 0. The van der Waals surface area contributed by atoms with Gasteiger partial charge in [-0.05, 0) is 24.8 Å². The Balaban J connectivity index is 2.11. The van der Waals surface area contributed by atoms with Crippen LogP contribution in [0.3, 0.4) is 0 Å². The highest BCUT2D eigenvalue weighted by Crippen LogP contribution is 2.26. The summed E-state index contributed by atoms with van der Waals surface area (Å²) in [5, 5.41) is 4.00. The van der Waals surface area contributed by atoms with Crippen LogP contribution in [0.2, 0.25) is 0 Å². The molecule has 0 atom stereocenters. The molecule has 0 N–H and O–H groups in total. The SMILES string of the molecule is O=c1cccnn1CC1CCC1. The number of hydrogen-bond acceptors (Lipinski definition) is 2.